The number of esters is 1. The van der Waals surface area contributed by atoms with Gasteiger partial charge < -0.3 is 9.15 Å². The highest BCUT2D eigenvalue weighted by molar-refractivity contribution is 5.85. The number of nitrogens with zero attached hydrogens (tertiary/aromatic N) is 3. The molecule has 1 saturated heterocycles. The van der Waals surface area contributed by atoms with Gasteiger partial charge in [-0.1, -0.05) is 37.3 Å². The molecule has 0 spiro atoms. The molecule has 8 nitrogen and oxygen atoms in total. The Bertz CT molecular complexity index is 1490. The Morgan fingerprint density at radius 1 is 1.22 bits per heavy atom. The third kappa shape index (κ3) is 3.86. The number of halogens is 2. The van der Waals surface area contributed by atoms with Gasteiger partial charge in [-0.3, -0.25) is 9.78 Å². The molecule has 0 radical (unpaired) electrons. The van der Waals surface area contributed by atoms with E-state index in [1.165, 1.54) is 6.92 Å². The predicted molar refractivity (Wildman–Crippen MR) is 128 cm³/mol. The molecule has 1 aromatic carbocycles. The monoisotopic (exact) mass is 506 g/mol. The van der Waals surface area contributed by atoms with Gasteiger partial charge in [-0.05, 0) is 37.5 Å². The van der Waals surface area contributed by atoms with E-state index >= 15 is 8.78 Å². The number of nitrogens with one attached hydrogen (secondary N) is 1. The topological polar surface area (TPSA) is 122 Å². The van der Waals surface area contributed by atoms with Crippen LogP contribution < -0.4 is 5.76 Å². The number of carbonyl (C=O) groups is 1. The second kappa shape index (κ2) is 8.76. The third-order valence-electron chi connectivity index (χ3n) is 7.70. The Labute approximate surface area is 211 Å². The molecule has 0 amide bonds. The maximum Gasteiger partial charge on any atom is 0.434 e. The minimum absolute atomic E-state index is 0.379. The fourth-order valence-electron chi connectivity index (χ4n) is 5.78. The molecule has 1 saturated carbocycles. The number of allylic oxidation sites excluding steroid dienone is 1. The summed E-state index contributed by atoms with van der Waals surface area (Å²) in [6.45, 7) is 4.95. The number of carbonyl (C=O) groups excluding carboxylic acids is 1. The van der Waals surface area contributed by atoms with Crippen LogP contribution in [0.15, 0.2) is 51.8 Å². The van der Waals surface area contributed by atoms with Crippen LogP contribution >= 0.6 is 0 Å². The summed E-state index contributed by atoms with van der Waals surface area (Å²) in [4.78, 5) is 29.1. The van der Waals surface area contributed by atoms with Crippen LogP contribution in [0, 0.1) is 36.0 Å². The molecule has 5 rings (SSSR count). The van der Waals surface area contributed by atoms with E-state index in [-0.39, 0.29) is 5.89 Å². The summed E-state index contributed by atoms with van der Waals surface area (Å²) >= 11 is 0. The van der Waals surface area contributed by atoms with Gasteiger partial charge >= 0.3 is 11.7 Å². The largest absolute Gasteiger partial charge is 0.461 e. The number of aryl methyl sites for hydroxylation is 1. The van der Waals surface area contributed by atoms with Crippen LogP contribution in [0.2, 0.25) is 0 Å². The number of H-pyrrole nitrogens is 1. The van der Waals surface area contributed by atoms with E-state index in [0.29, 0.717) is 11.3 Å². The first-order valence-corrected chi connectivity index (χ1v) is 11.9. The molecule has 1 aliphatic carbocycles. The fourth-order valence-corrected chi connectivity index (χ4v) is 5.78. The molecule has 0 bridgehead atoms. The molecular weight excluding hydrogens is 482 g/mol. The van der Waals surface area contributed by atoms with Gasteiger partial charge in [0.2, 0.25) is 5.89 Å². The summed E-state index contributed by atoms with van der Waals surface area (Å²) in [6.07, 6.45) is 3.31. The van der Waals surface area contributed by atoms with Gasteiger partial charge in [-0.25, -0.2) is 18.7 Å². The Kier molecular flexibility index (Phi) is 5.82. The maximum atomic E-state index is 15.4. The van der Waals surface area contributed by atoms with Crippen molar-refractivity contribution in [2.75, 3.05) is 0 Å². The zero-order valence-electron chi connectivity index (χ0n) is 20.4. The molecule has 10 heteroatoms. The first-order valence-electron chi connectivity index (χ1n) is 11.9. The second-order valence-electron chi connectivity index (χ2n) is 9.77. The number of ether oxygens (including phenoxy) is 1. The van der Waals surface area contributed by atoms with Crippen molar-refractivity contribution in [3.05, 3.63) is 75.9 Å². The van der Waals surface area contributed by atoms with E-state index in [1.807, 2.05) is 31.2 Å². The Hall–Kier alpha value is -4.13. The minimum Gasteiger partial charge on any atom is -0.461 e. The van der Waals surface area contributed by atoms with Gasteiger partial charge in [0.25, 0.3) is 5.92 Å². The SMILES string of the molecule is Cc1cccc(-c2ccc(/C=C/[C@@H]3[C@@H]4[C@@H](C)OC(=O)[C@]4(c4n[nH]c(=O)o4)CC(F)(F)[C@H]3C)nc2)c1C#N. The Morgan fingerprint density at radius 3 is 2.65 bits per heavy atom. The number of hydrogen-bond donors (Lipinski definition) is 1. The number of fused-ring (bicyclic) bond motifs is 1. The fraction of sp³-hybridized carbons (Fsp3) is 0.370. The molecule has 37 heavy (non-hydrogen) atoms. The van der Waals surface area contributed by atoms with Crippen LogP contribution in [0.25, 0.3) is 17.2 Å². The number of aromatic amines is 1. The maximum absolute atomic E-state index is 15.4. The van der Waals surface area contributed by atoms with Gasteiger partial charge in [0.05, 0.1) is 11.3 Å². The molecule has 0 unspecified atom stereocenters. The molecule has 190 valence electrons. The van der Waals surface area contributed by atoms with Gasteiger partial charge in [-0.2, -0.15) is 5.26 Å². The number of pyridine rings is 1. The smallest absolute Gasteiger partial charge is 0.434 e. The lowest BCUT2D eigenvalue weighted by atomic mass is 9.56. The highest BCUT2D eigenvalue weighted by atomic mass is 19.3. The van der Waals surface area contributed by atoms with Crippen LogP contribution in [0.1, 0.15) is 43.0 Å². The molecule has 2 aromatic heterocycles. The van der Waals surface area contributed by atoms with Crippen molar-refractivity contribution in [1.82, 2.24) is 15.2 Å². The lowest BCUT2D eigenvalue weighted by molar-refractivity contribution is -0.159. The number of cyclic esters (lactones) is 1. The Morgan fingerprint density at radius 2 is 2.00 bits per heavy atom. The van der Waals surface area contributed by atoms with Crippen molar-refractivity contribution in [2.24, 2.45) is 17.8 Å². The summed E-state index contributed by atoms with van der Waals surface area (Å²) in [6, 6.07) is 11.3. The molecule has 2 fully saturated rings. The standard InChI is InChI=1S/C27H24F2N4O4/c1-14-5-4-6-20(21(14)11-30)17-7-8-18(31-12-17)9-10-19-15(2)27(28,29)13-26(23-32-33-25(35)37-23)22(19)16(3)36-24(26)34/h4-10,12,15-16,19,22H,13H2,1-3H3,(H,33,35)/b10-9+/t15-,16+,19-,22-,26+/m0/s1. The van der Waals surface area contributed by atoms with E-state index in [4.69, 9.17) is 9.15 Å². The van der Waals surface area contributed by atoms with Crippen molar-refractivity contribution in [3.8, 4) is 17.2 Å². The van der Waals surface area contributed by atoms with Crippen LogP contribution in [-0.2, 0) is 14.9 Å². The molecular formula is C27H24F2N4O4. The highest BCUT2D eigenvalue weighted by Crippen LogP contribution is 2.59. The van der Waals surface area contributed by atoms with E-state index in [1.54, 1.807) is 31.3 Å². The zero-order chi connectivity index (χ0) is 26.5. The van der Waals surface area contributed by atoms with Crippen molar-refractivity contribution in [3.63, 3.8) is 0 Å². The molecule has 3 aromatic rings. The first kappa shape index (κ1) is 24.6. The summed E-state index contributed by atoms with van der Waals surface area (Å²) in [5, 5.41) is 15.4. The van der Waals surface area contributed by atoms with Crippen LogP contribution in [-0.4, -0.2) is 33.2 Å². The van der Waals surface area contributed by atoms with Crippen LogP contribution in [0.4, 0.5) is 8.78 Å². The summed E-state index contributed by atoms with van der Waals surface area (Å²) in [7, 11) is 0. The molecule has 1 N–H and O–H groups in total. The van der Waals surface area contributed by atoms with Crippen molar-refractivity contribution < 1.29 is 22.7 Å². The van der Waals surface area contributed by atoms with E-state index in [0.717, 1.165) is 16.7 Å². The number of benzene rings is 1. The predicted octanol–water partition coefficient (Wildman–Crippen LogP) is 4.41. The summed E-state index contributed by atoms with van der Waals surface area (Å²) in [5.74, 6) is -8.12. The number of rotatable bonds is 4. The average molecular weight is 507 g/mol. The van der Waals surface area contributed by atoms with E-state index in [9.17, 15) is 14.9 Å². The van der Waals surface area contributed by atoms with Gasteiger partial charge in [0.1, 0.15) is 12.2 Å². The molecule has 3 heterocycles. The minimum atomic E-state index is -3.26. The molecule has 2 aliphatic rings. The third-order valence-corrected chi connectivity index (χ3v) is 7.70. The number of hydrogen-bond acceptors (Lipinski definition) is 7. The van der Waals surface area contributed by atoms with Gasteiger partial charge in [0.15, 0.2) is 5.41 Å². The van der Waals surface area contributed by atoms with Crippen molar-refractivity contribution in [1.29, 1.82) is 5.26 Å². The van der Waals surface area contributed by atoms with Gasteiger partial charge in [0, 0.05) is 35.6 Å². The Balaban J connectivity index is 1.51. The molecule has 5 atom stereocenters. The normalized spacial score (nSPS) is 28.6. The van der Waals surface area contributed by atoms with E-state index < -0.39 is 53.3 Å². The van der Waals surface area contributed by atoms with Crippen LogP contribution in [0.3, 0.4) is 0 Å². The zero-order valence-corrected chi connectivity index (χ0v) is 20.4. The first-order chi connectivity index (χ1) is 17.6. The number of aromatic nitrogens is 3. The average Bonchev–Trinajstić information content (AvgIpc) is 3.40. The number of alkyl halides is 2. The van der Waals surface area contributed by atoms with Crippen LogP contribution in [0.5, 0.6) is 0 Å². The van der Waals surface area contributed by atoms with E-state index in [2.05, 4.69) is 21.3 Å². The molecule has 1 aliphatic heterocycles. The van der Waals surface area contributed by atoms with Crippen molar-refractivity contribution in [2.45, 2.75) is 44.6 Å². The van der Waals surface area contributed by atoms with Crippen molar-refractivity contribution >= 4 is 12.0 Å². The summed E-state index contributed by atoms with van der Waals surface area (Å²) in [5.41, 5.74) is 1.56. The van der Waals surface area contributed by atoms with Gasteiger partial charge in [-0.15, -0.1) is 5.10 Å². The lowest BCUT2D eigenvalue weighted by Crippen LogP contribution is -2.56. The second-order valence-corrected chi connectivity index (χ2v) is 9.77. The highest BCUT2D eigenvalue weighted by Gasteiger charge is 2.71. The quantitative estimate of drug-likeness (QED) is 0.520. The summed E-state index contributed by atoms with van der Waals surface area (Å²) < 4.78 is 41.2. The number of nitriles is 1. The lowest BCUT2D eigenvalue weighted by Gasteiger charge is -2.46.